The van der Waals surface area contributed by atoms with Crippen LogP contribution in [-0.2, 0) is 4.79 Å². The molecule has 4 nitrogen and oxygen atoms in total. The Hall–Kier alpha value is -1.55. The number of anilines is 1. The van der Waals surface area contributed by atoms with Crippen LogP contribution < -0.4 is 15.8 Å². The van der Waals surface area contributed by atoms with Crippen molar-refractivity contribution in [3.8, 4) is 5.75 Å². The van der Waals surface area contributed by atoms with Gasteiger partial charge in [-0.05, 0) is 38.0 Å². The number of methoxy groups -OCH3 is 1. The van der Waals surface area contributed by atoms with E-state index in [0.717, 1.165) is 11.1 Å². The summed E-state index contributed by atoms with van der Waals surface area (Å²) in [7, 11) is 1.60. The Balaban J connectivity index is 2.93. The maximum atomic E-state index is 11.7. The molecule has 0 bridgehead atoms. The maximum Gasteiger partial charge on any atom is 0.226 e. The van der Waals surface area contributed by atoms with Crippen molar-refractivity contribution in [2.24, 2.45) is 5.73 Å². The third-order valence-electron chi connectivity index (χ3n) is 2.40. The summed E-state index contributed by atoms with van der Waals surface area (Å²) in [6.07, 6.45) is 0.302. The van der Waals surface area contributed by atoms with Gasteiger partial charge in [0.2, 0.25) is 5.91 Å². The molecule has 0 aromatic heterocycles. The average Bonchev–Trinajstić information content (AvgIpc) is 2.15. The molecule has 94 valence electrons. The summed E-state index contributed by atoms with van der Waals surface area (Å²) in [6.45, 7) is 5.74. The molecule has 0 radical (unpaired) electrons. The molecule has 0 saturated heterocycles. The van der Waals surface area contributed by atoms with Gasteiger partial charge in [0.15, 0.2) is 0 Å². The summed E-state index contributed by atoms with van der Waals surface area (Å²) in [5, 5.41) is 2.83. The predicted octanol–water partition coefficient (Wildman–Crippen LogP) is 1.99. The minimum atomic E-state index is -0.146. The van der Waals surface area contributed by atoms with Gasteiger partial charge in [-0.25, -0.2) is 0 Å². The largest absolute Gasteiger partial charge is 0.494 e. The third-order valence-corrected chi connectivity index (χ3v) is 2.40. The lowest BCUT2D eigenvalue weighted by molar-refractivity contribution is -0.116. The van der Waals surface area contributed by atoms with Gasteiger partial charge in [0.25, 0.3) is 0 Å². The van der Waals surface area contributed by atoms with E-state index in [2.05, 4.69) is 5.32 Å². The van der Waals surface area contributed by atoms with Gasteiger partial charge in [-0.2, -0.15) is 0 Å². The maximum absolute atomic E-state index is 11.7. The molecule has 0 saturated carbocycles. The standard InChI is InChI=1S/C13H20N2O2/c1-8-5-9(2)13(17-4)11(6-8)15-12(16)7-10(3)14/h5-6,10H,7,14H2,1-4H3,(H,15,16). The number of rotatable bonds is 4. The van der Waals surface area contributed by atoms with Crippen LogP contribution in [0.1, 0.15) is 24.5 Å². The summed E-state index contributed by atoms with van der Waals surface area (Å²) >= 11 is 0. The molecule has 0 aliphatic rings. The first-order chi connectivity index (χ1) is 7.93. The number of nitrogens with two attached hydrogens (primary N) is 1. The minimum Gasteiger partial charge on any atom is -0.494 e. The summed E-state index contributed by atoms with van der Waals surface area (Å²) in [6, 6.07) is 3.76. The topological polar surface area (TPSA) is 64.3 Å². The van der Waals surface area contributed by atoms with Crippen LogP contribution in [0.4, 0.5) is 5.69 Å². The van der Waals surface area contributed by atoms with E-state index in [4.69, 9.17) is 10.5 Å². The number of hydrogen-bond acceptors (Lipinski definition) is 3. The Morgan fingerprint density at radius 2 is 2.12 bits per heavy atom. The number of carbonyl (C=O) groups is 1. The molecular weight excluding hydrogens is 216 g/mol. The second-order valence-corrected chi connectivity index (χ2v) is 4.39. The first-order valence-corrected chi connectivity index (χ1v) is 5.64. The molecule has 1 unspecified atom stereocenters. The Morgan fingerprint density at radius 1 is 1.47 bits per heavy atom. The minimum absolute atomic E-state index is 0.0942. The van der Waals surface area contributed by atoms with Crippen molar-refractivity contribution >= 4 is 11.6 Å². The van der Waals surface area contributed by atoms with E-state index in [1.54, 1.807) is 14.0 Å². The molecule has 1 aromatic rings. The van der Waals surface area contributed by atoms with Crippen molar-refractivity contribution < 1.29 is 9.53 Å². The Morgan fingerprint density at radius 3 is 2.65 bits per heavy atom. The van der Waals surface area contributed by atoms with Crippen molar-refractivity contribution in [1.82, 2.24) is 0 Å². The zero-order chi connectivity index (χ0) is 13.0. The van der Waals surface area contributed by atoms with E-state index in [1.165, 1.54) is 0 Å². The first-order valence-electron chi connectivity index (χ1n) is 5.64. The van der Waals surface area contributed by atoms with Crippen molar-refractivity contribution in [2.45, 2.75) is 33.2 Å². The first kappa shape index (κ1) is 13.5. The van der Waals surface area contributed by atoms with Crippen LogP contribution >= 0.6 is 0 Å². The van der Waals surface area contributed by atoms with Gasteiger partial charge in [-0.3, -0.25) is 4.79 Å². The van der Waals surface area contributed by atoms with Gasteiger partial charge in [0, 0.05) is 12.5 Å². The van der Waals surface area contributed by atoms with Crippen LogP contribution in [0.5, 0.6) is 5.75 Å². The number of aryl methyl sites for hydroxylation is 2. The fraction of sp³-hybridized carbons (Fsp3) is 0.462. The lowest BCUT2D eigenvalue weighted by Crippen LogP contribution is -2.24. The predicted molar refractivity (Wildman–Crippen MR) is 69.4 cm³/mol. The van der Waals surface area contributed by atoms with E-state index < -0.39 is 0 Å². The monoisotopic (exact) mass is 236 g/mol. The lowest BCUT2D eigenvalue weighted by atomic mass is 10.1. The van der Waals surface area contributed by atoms with Gasteiger partial charge < -0.3 is 15.8 Å². The zero-order valence-electron chi connectivity index (χ0n) is 10.8. The zero-order valence-corrected chi connectivity index (χ0v) is 10.8. The number of amides is 1. The molecule has 0 aliphatic heterocycles. The molecule has 0 heterocycles. The molecule has 1 amide bonds. The molecule has 17 heavy (non-hydrogen) atoms. The summed E-state index contributed by atoms with van der Waals surface area (Å²) in [5.74, 6) is 0.608. The molecule has 1 aromatic carbocycles. The second kappa shape index (κ2) is 5.68. The van der Waals surface area contributed by atoms with Gasteiger partial charge >= 0.3 is 0 Å². The van der Waals surface area contributed by atoms with Crippen molar-refractivity contribution in [3.05, 3.63) is 23.3 Å². The van der Waals surface area contributed by atoms with E-state index in [-0.39, 0.29) is 11.9 Å². The molecule has 3 N–H and O–H groups in total. The van der Waals surface area contributed by atoms with Crippen LogP contribution in [-0.4, -0.2) is 19.1 Å². The Kier molecular flexibility index (Phi) is 4.52. The van der Waals surface area contributed by atoms with Crippen molar-refractivity contribution in [2.75, 3.05) is 12.4 Å². The SMILES string of the molecule is COc1c(C)cc(C)cc1NC(=O)CC(C)N. The van der Waals surface area contributed by atoms with Gasteiger partial charge in [0.1, 0.15) is 5.75 Å². The van der Waals surface area contributed by atoms with Crippen molar-refractivity contribution in [3.63, 3.8) is 0 Å². The Labute approximate surface area is 102 Å². The van der Waals surface area contributed by atoms with Crippen LogP contribution in [0.15, 0.2) is 12.1 Å². The Bertz CT molecular complexity index is 414. The van der Waals surface area contributed by atoms with Crippen LogP contribution in [0, 0.1) is 13.8 Å². The van der Waals surface area contributed by atoms with E-state index in [1.807, 2.05) is 26.0 Å². The highest BCUT2D eigenvalue weighted by molar-refractivity contribution is 5.93. The number of ether oxygens (including phenoxy) is 1. The van der Waals surface area contributed by atoms with Gasteiger partial charge in [-0.1, -0.05) is 6.07 Å². The fourth-order valence-corrected chi connectivity index (χ4v) is 1.81. The third kappa shape index (κ3) is 3.75. The van der Waals surface area contributed by atoms with E-state index in [9.17, 15) is 4.79 Å². The average molecular weight is 236 g/mol. The molecule has 0 fully saturated rings. The smallest absolute Gasteiger partial charge is 0.226 e. The molecule has 0 aliphatic carbocycles. The molecular formula is C13H20N2O2. The number of benzene rings is 1. The number of nitrogens with one attached hydrogen (secondary N) is 1. The quantitative estimate of drug-likeness (QED) is 0.840. The van der Waals surface area contributed by atoms with Gasteiger partial charge in [0.05, 0.1) is 12.8 Å². The normalized spacial score (nSPS) is 12.1. The van der Waals surface area contributed by atoms with Crippen LogP contribution in [0.2, 0.25) is 0 Å². The fourth-order valence-electron chi connectivity index (χ4n) is 1.81. The lowest BCUT2D eigenvalue weighted by Gasteiger charge is -2.14. The van der Waals surface area contributed by atoms with Gasteiger partial charge in [-0.15, -0.1) is 0 Å². The second-order valence-electron chi connectivity index (χ2n) is 4.39. The highest BCUT2D eigenvalue weighted by Crippen LogP contribution is 2.29. The summed E-state index contributed by atoms with van der Waals surface area (Å²) in [4.78, 5) is 11.7. The number of carbonyl (C=O) groups excluding carboxylic acids is 1. The van der Waals surface area contributed by atoms with Crippen LogP contribution in [0.25, 0.3) is 0 Å². The summed E-state index contributed by atoms with van der Waals surface area (Å²) in [5.41, 5.74) is 8.38. The molecule has 4 heteroatoms. The highest BCUT2D eigenvalue weighted by Gasteiger charge is 2.11. The molecule has 1 atom stereocenters. The number of hydrogen-bond donors (Lipinski definition) is 2. The van der Waals surface area contributed by atoms with Crippen molar-refractivity contribution in [1.29, 1.82) is 0 Å². The molecule has 0 spiro atoms. The van der Waals surface area contributed by atoms with E-state index >= 15 is 0 Å². The summed E-state index contributed by atoms with van der Waals surface area (Å²) < 4.78 is 5.29. The highest BCUT2D eigenvalue weighted by atomic mass is 16.5. The molecule has 1 rings (SSSR count). The van der Waals surface area contributed by atoms with E-state index in [0.29, 0.717) is 17.9 Å². The van der Waals surface area contributed by atoms with Crippen LogP contribution in [0.3, 0.4) is 0 Å².